The molecule has 0 aliphatic rings. The number of hydrogen-bond donors (Lipinski definition) is 0. The lowest BCUT2D eigenvalue weighted by Gasteiger charge is -2.26. The van der Waals surface area contributed by atoms with Crippen molar-refractivity contribution in [2.24, 2.45) is 0 Å². The van der Waals surface area contributed by atoms with Gasteiger partial charge in [0.25, 0.3) is 0 Å². The number of halogens is 2. The van der Waals surface area contributed by atoms with Gasteiger partial charge in [0.1, 0.15) is 0 Å². The van der Waals surface area contributed by atoms with E-state index >= 15 is 0 Å². The maximum atomic E-state index is 11.5. The van der Waals surface area contributed by atoms with Gasteiger partial charge in [-0.1, -0.05) is 41.4 Å². The van der Waals surface area contributed by atoms with Crippen molar-refractivity contribution < 1.29 is 8.42 Å². The molecule has 0 radical (unpaired) electrons. The molecule has 6 heteroatoms. The van der Waals surface area contributed by atoms with Crippen molar-refractivity contribution in [3.63, 3.8) is 0 Å². The van der Waals surface area contributed by atoms with Crippen molar-refractivity contribution >= 4 is 33.0 Å². The summed E-state index contributed by atoms with van der Waals surface area (Å²) >= 11 is 12.4. The van der Waals surface area contributed by atoms with Crippen LogP contribution in [-0.2, 0) is 16.4 Å². The third-order valence-corrected chi connectivity index (χ3v) is 5.76. The Morgan fingerprint density at radius 1 is 1.04 bits per heavy atom. The van der Waals surface area contributed by atoms with E-state index in [9.17, 15) is 8.42 Å². The molecule has 3 nitrogen and oxygen atoms in total. The Morgan fingerprint density at radius 3 is 2.04 bits per heavy atom. The Kier molecular flexibility index (Phi) is 5.74. The quantitative estimate of drug-likeness (QED) is 0.770. The molecule has 0 saturated heterocycles. The highest BCUT2D eigenvalue weighted by Gasteiger charge is 2.16. The normalized spacial score (nSPS) is 13.3. The van der Waals surface area contributed by atoms with Crippen molar-refractivity contribution in [1.29, 1.82) is 0 Å². The first kappa shape index (κ1) is 18.3. The summed E-state index contributed by atoms with van der Waals surface area (Å²) in [4.78, 5) is 2.44. The summed E-state index contributed by atoms with van der Waals surface area (Å²) in [5, 5.41) is 1.29. The van der Waals surface area contributed by atoms with Crippen LogP contribution in [0.3, 0.4) is 0 Å². The highest BCUT2D eigenvalue weighted by atomic mass is 35.5. The van der Waals surface area contributed by atoms with Crippen LogP contribution < -0.4 is 0 Å². The predicted molar refractivity (Wildman–Crippen MR) is 95.9 cm³/mol. The third kappa shape index (κ3) is 4.48. The van der Waals surface area contributed by atoms with Crippen molar-refractivity contribution in [3.05, 3.63) is 63.6 Å². The summed E-state index contributed by atoms with van der Waals surface area (Å²) in [5.41, 5.74) is 1.92. The minimum atomic E-state index is -3.17. The fraction of sp³-hybridized carbons (Fsp3) is 0.294. The molecule has 0 aliphatic heterocycles. The zero-order valence-corrected chi connectivity index (χ0v) is 15.6. The fourth-order valence-electron chi connectivity index (χ4n) is 2.32. The van der Waals surface area contributed by atoms with Gasteiger partial charge >= 0.3 is 0 Å². The molecule has 0 heterocycles. The van der Waals surface area contributed by atoms with Crippen LogP contribution in [0.15, 0.2) is 47.4 Å². The van der Waals surface area contributed by atoms with Crippen molar-refractivity contribution in [2.75, 3.05) is 13.3 Å². The molecular weight excluding hydrogens is 353 g/mol. The molecule has 0 aromatic heterocycles. The third-order valence-electron chi connectivity index (χ3n) is 3.92. The molecule has 2 aromatic rings. The maximum absolute atomic E-state index is 11.5. The number of hydrogen-bond acceptors (Lipinski definition) is 3. The molecule has 0 saturated carbocycles. The van der Waals surface area contributed by atoms with Gasteiger partial charge in [-0.15, -0.1) is 0 Å². The molecule has 0 amide bonds. The number of benzene rings is 2. The van der Waals surface area contributed by atoms with E-state index < -0.39 is 9.84 Å². The second-order valence-electron chi connectivity index (χ2n) is 5.63. The zero-order chi connectivity index (χ0) is 17.2. The van der Waals surface area contributed by atoms with Gasteiger partial charge in [0.05, 0.1) is 4.90 Å². The van der Waals surface area contributed by atoms with E-state index in [1.165, 1.54) is 6.26 Å². The molecule has 23 heavy (non-hydrogen) atoms. The first-order chi connectivity index (χ1) is 10.7. The zero-order valence-electron chi connectivity index (χ0n) is 13.3. The molecule has 1 unspecified atom stereocenters. The Balaban J connectivity index is 2.18. The highest BCUT2D eigenvalue weighted by Crippen LogP contribution is 2.28. The minimum Gasteiger partial charge on any atom is -0.295 e. The first-order valence-electron chi connectivity index (χ1n) is 7.13. The second kappa shape index (κ2) is 7.22. The van der Waals surface area contributed by atoms with Crippen LogP contribution >= 0.6 is 23.2 Å². The van der Waals surface area contributed by atoms with E-state index in [0.717, 1.165) is 11.1 Å². The standard InChI is InChI=1S/C17H19Cl2NO2S/c1-12(13-7-9-14(10-8-13)23(3,21)22)20(2)11-15-16(18)5-4-6-17(15)19/h4-10,12H,11H2,1-3H3. The molecule has 1 atom stereocenters. The highest BCUT2D eigenvalue weighted by molar-refractivity contribution is 7.90. The Hall–Kier alpha value is -1.07. The Bertz CT molecular complexity index is 768. The lowest BCUT2D eigenvalue weighted by Crippen LogP contribution is -2.22. The van der Waals surface area contributed by atoms with Gasteiger partial charge in [-0.05, 0) is 43.8 Å². The van der Waals surface area contributed by atoms with Crippen LogP contribution in [0, 0.1) is 0 Å². The molecule has 2 rings (SSSR count). The van der Waals surface area contributed by atoms with E-state index in [1.807, 2.05) is 37.4 Å². The predicted octanol–water partition coefficient (Wildman–Crippen LogP) is 4.59. The smallest absolute Gasteiger partial charge is 0.175 e. The average Bonchev–Trinajstić information content (AvgIpc) is 2.49. The van der Waals surface area contributed by atoms with Gasteiger partial charge in [0, 0.05) is 34.5 Å². The van der Waals surface area contributed by atoms with Gasteiger partial charge in [-0.2, -0.15) is 0 Å². The van der Waals surface area contributed by atoms with Gasteiger partial charge in [0.15, 0.2) is 9.84 Å². The van der Waals surface area contributed by atoms with Gasteiger partial charge in [-0.3, -0.25) is 4.90 Å². The molecule has 0 N–H and O–H groups in total. The van der Waals surface area contributed by atoms with Crippen molar-refractivity contribution in [1.82, 2.24) is 4.90 Å². The Labute approximate surface area is 147 Å². The average molecular weight is 372 g/mol. The summed E-state index contributed by atoms with van der Waals surface area (Å²) in [6, 6.07) is 12.5. The molecule has 0 fully saturated rings. The SMILES string of the molecule is CC(c1ccc(S(C)(=O)=O)cc1)N(C)Cc1c(Cl)cccc1Cl. The van der Waals surface area contributed by atoms with E-state index in [2.05, 4.69) is 11.8 Å². The molecule has 2 aromatic carbocycles. The molecular formula is C17H19Cl2NO2S. The minimum absolute atomic E-state index is 0.0935. The summed E-state index contributed by atoms with van der Waals surface area (Å²) in [6.45, 7) is 2.66. The summed E-state index contributed by atoms with van der Waals surface area (Å²) in [7, 11) is -1.19. The van der Waals surface area contributed by atoms with Crippen LogP contribution in [0.25, 0.3) is 0 Å². The van der Waals surface area contributed by atoms with Gasteiger partial charge in [-0.25, -0.2) is 8.42 Å². The largest absolute Gasteiger partial charge is 0.295 e. The molecule has 0 spiro atoms. The number of rotatable bonds is 5. The Morgan fingerprint density at radius 2 is 1.57 bits per heavy atom. The van der Waals surface area contributed by atoms with Crippen LogP contribution in [-0.4, -0.2) is 26.6 Å². The summed E-state index contributed by atoms with van der Waals surface area (Å²) in [6.07, 6.45) is 1.21. The van der Waals surface area contributed by atoms with E-state index in [4.69, 9.17) is 23.2 Å². The van der Waals surface area contributed by atoms with Gasteiger partial charge < -0.3 is 0 Å². The van der Waals surface area contributed by atoms with E-state index in [0.29, 0.717) is 21.5 Å². The monoisotopic (exact) mass is 371 g/mol. The van der Waals surface area contributed by atoms with Gasteiger partial charge in [0.2, 0.25) is 0 Å². The lowest BCUT2D eigenvalue weighted by molar-refractivity contribution is 0.253. The number of nitrogens with zero attached hydrogens (tertiary/aromatic N) is 1. The van der Waals surface area contributed by atoms with Crippen molar-refractivity contribution in [3.8, 4) is 0 Å². The summed E-state index contributed by atoms with van der Waals surface area (Å²) in [5.74, 6) is 0. The van der Waals surface area contributed by atoms with Crippen LogP contribution in [0.4, 0.5) is 0 Å². The molecule has 0 bridgehead atoms. The maximum Gasteiger partial charge on any atom is 0.175 e. The first-order valence-corrected chi connectivity index (χ1v) is 9.78. The fourth-order valence-corrected chi connectivity index (χ4v) is 3.47. The molecule has 124 valence electrons. The topological polar surface area (TPSA) is 37.4 Å². The van der Waals surface area contributed by atoms with Crippen molar-refractivity contribution in [2.45, 2.75) is 24.4 Å². The number of sulfone groups is 1. The molecule has 0 aliphatic carbocycles. The van der Waals surface area contributed by atoms with E-state index in [-0.39, 0.29) is 6.04 Å². The lowest BCUT2D eigenvalue weighted by atomic mass is 10.1. The second-order valence-corrected chi connectivity index (χ2v) is 8.46. The summed E-state index contributed by atoms with van der Waals surface area (Å²) < 4.78 is 23.0. The van der Waals surface area contributed by atoms with Crippen LogP contribution in [0.1, 0.15) is 24.1 Å². The van der Waals surface area contributed by atoms with Crippen LogP contribution in [0.2, 0.25) is 10.0 Å². The van der Waals surface area contributed by atoms with Crippen LogP contribution in [0.5, 0.6) is 0 Å². The van der Waals surface area contributed by atoms with E-state index in [1.54, 1.807) is 12.1 Å².